The molecule has 0 fully saturated rings. The van der Waals surface area contributed by atoms with Crippen LogP contribution in [0.1, 0.15) is 18.1 Å². The lowest BCUT2D eigenvalue weighted by molar-refractivity contribution is -0.121. The number of para-hydroxylation sites is 1. The van der Waals surface area contributed by atoms with Gasteiger partial charge in [-0.2, -0.15) is 0 Å². The van der Waals surface area contributed by atoms with Gasteiger partial charge in [0.1, 0.15) is 11.9 Å². The van der Waals surface area contributed by atoms with Crippen molar-refractivity contribution in [3.8, 4) is 5.75 Å². The van der Waals surface area contributed by atoms with Crippen molar-refractivity contribution in [2.45, 2.75) is 17.4 Å². The number of amides is 1. The number of thioether (sulfide) groups is 1. The molecule has 0 bridgehead atoms. The number of ether oxygens (including phenoxy) is 2. The second kappa shape index (κ2) is 10.0. The maximum Gasteiger partial charge on any atom is 0.220 e. The molecule has 1 N–H and O–H groups in total. The van der Waals surface area contributed by atoms with Crippen molar-refractivity contribution in [2.75, 3.05) is 26.5 Å². The first kappa shape index (κ1) is 18.4. The maximum atomic E-state index is 12.0. The molecule has 0 unspecified atom stereocenters. The molecule has 0 spiro atoms. The molecular formula is C19H23NO3S. The fraction of sp³-hybridized carbons (Fsp3) is 0.316. The van der Waals surface area contributed by atoms with Gasteiger partial charge in [0.15, 0.2) is 0 Å². The van der Waals surface area contributed by atoms with E-state index in [1.807, 2.05) is 54.6 Å². The van der Waals surface area contributed by atoms with Crippen LogP contribution in [0.25, 0.3) is 0 Å². The van der Waals surface area contributed by atoms with Crippen molar-refractivity contribution in [3.05, 3.63) is 60.2 Å². The molecule has 0 heterocycles. The van der Waals surface area contributed by atoms with Gasteiger partial charge in [-0.15, -0.1) is 11.8 Å². The number of hydrogen-bond acceptors (Lipinski definition) is 4. The maximum absolute atomic E-state index is 12.0. The van der Waals surface area contributed by atoms with E-state index in [0.717, 1.165) is 17.1 Å². The molecule has 1 atom stereocenters. The second-order valence-electron chi connectivity index (χ2n) is 5.18. The molecule has 4 nitrogen and oxygen atoms in total. The predicted octanol–water partition coefficient (Wildman–Crippen LogP) is 3.68. The second-order valence-corrected chi connectivity index (χ2v) is 6.35. The summed E-state index contributed by atoms with van der Waals surface area (Å²) in [5.74, 6) is 1.54. The van der Waals surface area contributed by atoms with Crippen LogP contribution in [0.3, 0.4) is 0 Å². The van der Waals surface area contributed by atoms with Gasteiger partial charge in [-0.25, -0.2) is 0 Å². The average Bonchev–Trinajstić information content (AvgIpc) is 2.63. The quantitative estimate of drug-likeness (QED) is 0.704. The summed E-state index contributed by atoms with van der Waals surface area (Å²) in [5, 5.41) is 2.94. The van der Waals surface area contributed by atoms with Crippen LogP contribution in [0.4, 0.5) is 0 Å². The molecule has 2 rings (SSSR count). The zero-order chi connectivity index (χ0) is 17.2. The first-order chi connectivity index (χ1) is 11.7. The minimum atomic E-state index is -0.230. The Labute approximate surface area is 147 Å². The van der Waals surface area contributed by atoms with Crippen LogP contribution in [-0.4, -0.2) is 32.4 Å². The highest BCUT2D eigenvalue weighted by molar-refractivity contribution is 7.99. The summed E-state index contributed by atoms with van der Waals surface area (Å²) in [6.07, 6.45) is 0.244. The minimum Gasteiger partial charge on any atom is -0.496 e. The first-order valence-corrected chi connectivity index (χ1v) is 8.83. The summed E-state index contributed by atoms with van der Waals surface area (Å²) in [6.45, 7) is 0.422. The van der Waals surface area contributed by atoms with Crippen LogP contribution < -0.4 is 10.1 Å². The molecular weight excluding hydrogens is 322 g/mol. The molecule has 24 heavy (non-hydrogen) atoms. The summed E-state index contributed by atoms with van der Waals surface area (Å²) >= 11 is 1.68. The van der Waals surface area contributed by atoms with Crippen molar-refractivity contribution >= 4 is 17.7 Å². The highest BCUT2D eigenvalue weighted by Gasteiger charge is 2.16. The van der Waals surface area contributed by atoms with Gasteiger partial charge in [-0.3, -0.25) is 4.79 Å². The van der Waals surface area contributed by atoms with Gasteiger partial charge in [0.2, 0.25) is 5.91 Å². The summed E-state index contributed by atoms with van der Waals surface area (Å²) in [5.41, 5.74) is 0.932. The minimum absolute atomic E-state index is 0.0235. The molecule has 1 amide bonds. The van der Waals surface area contributed by atoms with E-state index in [9.17, 15) is 4.79 Å². The summed E-state index contributed by atoms with van der Waals surface area (Å²) < 4.78 is 10.9. The van der Waals surface area contributed by atoms with Crippen LogP contribution in [0.5, 0.6) is 5.75 Å². The number of hydrogen-bond donors (Lipinski definition) is 1. The Morgan fingerprint density at radius 1 is 1.08 bits per heavy atom. The first-order valence-electron chi connectivity index (χ1n) is 7.85. The molecule has 0 aliphatic carbocycles. The van der Waals surface area contributed by atoms with E-state index in [4.69, 9.17) is 9.47 Å². The number of carbonyl (C=O) groups excluding carboxylic acids is 1. The van der Waals surface area contributed by atoms with E-state index in [-0.39, 0.29) is 12.0 Å². The highest BCUT2D eigenvalue weighted by Crippen LogP contribution is 2.26. The molecule has 5 heteroatoms. The van der Waals surface area contributed by atoms with Crippen LogP contribution >= 0.6 is 11.8 Å². The Bertz CT molecular complexity index is 634. The Balaban J connectivity index is 1.79. The number of methoxy groups -OCH3 is 2. The van der Waals surface area contributed by atoms with Gasteiger partial charge in [-0.1, -0.05) is 36.4 Å². The lowest BCUT2D eigenvalue weighted by atomic mass is 10.1. The van der Waals surface area contributed by atoms with Gasteiger partial charge in [-0.05, 0) is 18.2 Å². The van der Waals surface area contributed by atoms with Crippen LogP contribution in [0.2, 0.25) is 0 Å². The molecule has 0 aromatic heterocycles. The van der Waals surface area contributed by atoms with Gasteiger partial charge >= 0.3 is 0 Å². The summed E-state index contributed by atoms with van der Waals surface area (Å²) in [6, 6.07) is 17.8. The fourth-order valence-corrected chi connectivity index (χ4v) is 3.20. The van der Waals surface area contributed by atoms with Crippen LogP contribution in [-0.2, 0) is 9.53 Å². The van der Waals surface area contributed by atoms with Crippen molar-refractivity contribution in [2.24, 2.45) is 0 Å². The number of carbonyl (C=O) groups is 1. The Hall–Kier alpha value is -1.98. The normalized spacial score (nSPS) is 11.8. The monoisotopic (exact) mass is 345 g/mol. The third-order valence-electron chi connectivity index (χ3n) is 3.60. The van der Waals surface area contributed by atoms with Gasteiger partial charge < -0.3 is 14.8 Å². The van der Waals surface area contributed by atoms with Crippen molar-refractivity contribution in [3.63, 3.8) is 0 Å². The van der Waals surface area contributed by atoms with Gasteiger partial charge in [0.05, 0.1) is 7.11 Å². The molecule has 0 aliphatic rings. The zero-order valence-electron chi connectivity index (χ0n) is 14.0. The molecule has 0 saturated heterocycles. The third-order valence-corrected chi connectivity index (χ3v) is 4.61. The third kappa shape index (κ3) is 5.58. The van der Waals surface area contributed by atoms with Crippen molar-refractivity contribution < 1.29 is 14.3 Å². The number of nitrogens with one attached hydrogen (secondary N) is 1. The van der Waals surface area contributed by atoms with E-state index in [2.05, 4.69) is 5.32 Å². The Morgan fingerprint density at radius 2 is 1.79 bits per heavy atom. The molecule has 128 valence electrons. The van der Waals surface area contributed by atoms with E-state index in [0.29, 0.717) is 13.0 Å². The van der Waals surface area contributed by atoms with Gasteiger partial charge in [0.25, 0.3) is 0 Å². The average molecular weight is 345 g/mol. The van der Waals surface area contributed by atoms with Crippen LogP contribution in [0.15, 0.2) is 59.5 Å². The van der Waals surface area contributed by atoms with Gasteiger partial charge in [0, 0.05) is 36.3 Å². The van der Waals surface area contributed by atoms with E-state index in [1.165, 1.54) is 4.90 Å². The van der Waals surface area contributed by atoms with Crippen molar-refractivity contribution in [1.82, 2.24) is 5.32 Å². The number of benzene rings is 2. The Morgan fingerprint density at radius 3 is 2.50 bits per heavy atom. The smallest absolute Gasteiger partial charge is 0.220 e. The molecule has 0 saturated carbocycles. The van der Waals surface area contributed by atoms with E-state index >= 15 is 0 Å². The van der Waals surface area contributed by atoms with Crippen molar-refractivity contribution in [1.29, 1.82) is 0 Å². The summed E-state index contributed by atoms with van der Waals surface area (Å²) in [7, 11) is 3.26. The lowest BCUT2D eigenvalue weighted by Gasteiger charge is -2.19. The molecule has 2 aromatic carbocycles. The Kier molecular flexibility index (Phi) is 7.65. The number of rotatable bonds is 9. The molecule has 2 aromatic rings. The topological polar surface area (TPSA) is 47.6 Å². The summed E-state index contributed by atoms with van der Waals surface area (Å²) in [4.78, 5) is 13.2. The van der Waals surface area contributed by atoms with E-state index in [1.54, 1.807) is 26.0 Å². The van der Waals surface area contributed by atoms with E-state index < -0.39 is 0 Å². The standard InChI is InChI=1S/C19H23NO3S/c1-22-17-11-7-6-10-16(17)18(23-2)14-20-19(21)12-13-24-15-8-4-3-5-9-15/h3-11,18H,12-14H2,1-2H3,(H,20,21)/t18-/m0/s1. The molecule has 0 radical (unpaired) electrons. The molecule has 0 aliphatic heterocycles. The largest absolute Gasteiger partial charge is 0.496 e. The predicted molar refractivity (Wildman–Crippen MR) is 97.5 cm³/mol. The highest BCUT2D eigenvalue weighted by atomic mass is 32.2. The zero-order valence-corrected chi connectivity index (χ0v) is 14.8. The SMILES string of the molecule is COc1ccccc1[C@H](CNC(=O)CCSc1ccccc1)OC. The fourth-order valence-electron chi connectivity index (χ4n) is 2.33. The van der Waals surface area contributed by atoms with Crippen LogP contribution in [0, 0.1) is 0 Å². The lowest BCUT2D eigenvalue weighted by Crippen LogP contribution is -2.29.